The second-order valence-corrected chi connectivity index (χ2v) is 8.65. The van der Waals surface area contributed by atoms with E-state index >= 15 is 0 Å². The van der Waals surface area contributed by atoms with Crippen molar-refractivity contribution >= 4 is 56.0 Å². The van der Waals surface area contributed by atoms with Gasteiger partial charge in [0.25, 0.3) is 5.91 Å². The fraction of sp³-hybridized carbons (Fsp3) is 0.333. The molecular formula is C21H24ClN3OS2. The lowest BCUT2D eigenvalue weighted by atomic mass is 10.2. The van der Waals surface area contributed by atoms with Crippen LogP contribution in [0, 0.1) is 0 Å². The van der Waals surface area contributed by atoms with Crippen LogP contribution < -0.4 is 4.90 Å². The number of nitrogens with zero attached hydrogens (tertiary/aromatic N) is 3. The van der Waals surface area contributed by atoms with Crippen molar-refractivity contribution in [1.29, 1.82) is 0 Å². The summed E-state index contributed by atoms with van der Waals surface area (Å²) in [6.07, 6.45) is 2.06. The van der Waals surface area contributed by atoms with Crippen LogP contribution in [-0.2, 0) is 0 Å². The van der Waals surface area contributed by atoms with Gasteiger partial charge in [0.15, 0.2) is 5.13 Å². The number of anilines is 1. The Morgan fingerprint density at radius 3 is 2.46 bits per heavy atom. The molecule has 1 aromatic heterocycles. The SMILES string of the molecule is CCN(CC)CCN(C(=O)c1ccc(Cl)cc1)c1nc2ccc(SC)cc2s1. The average Bonchev–Trinajstić information content (AvgIpc) is 3.14. The van der Waals surface area contributed by atoms with Crippen LogP contribution in [0.2, 0.25) is 5.02 Å². The Kier molecular flexibility index (Phi) is 7.35. The number of rotatable bonds is 8. The molecule has 0 aliphatic rings. The van der Waals surface area contributed by atoms with E-state index in [1.165, 1.54) is 4.90 Å². The van der Waals surface area contributed by atoms with Gasteiger partial charge in [-0.25, -0.2) is 4.98 Å². The molecule has 0 aliphatic heterocycles. The number of aromatic nitrogens is 1. The summed E-state index contributed by atoms with van der Waals surface area (Å²) in [4.78, 5) is 23.3. The summed E-state index contributed by atoms with van der Waals surface area (Å²) >= 11 is 9.26. The second kappa shape index (κ2) is 9.74. The monoisotopic (exact) mass is 433 g/mol. The van der Waals surface area contributed by atoms with Crippen molar-refractivity contribution in [3.63, 3.8) is 0 Å². The van der Waals surface area contributed by atoms with Gasteiger partial charge in [-0.3, -0.25) is 9.69 Å². The molecule has 0 N–H and O–H groups in total. The summed E-state index contributed by atoms with van der Waals surface area (Å²) in [5, 5.41) is 1.36. The van der Waals surface area contributed by atoms with Gasteiger partial charge < -0.3 is 4.90 Å². The molecule has 0 saturated carbocycles. The minimum atomic E-state index is -0.0482. The number of benzene rings is 2. The number of carbonyl (C=O) groups is 1. The maximum Gasteiger partial charge on any atom is 0.260 e. The predicted octanol–water partition coefficient (Wildman–Crippen LogP) is 5.66. The molecule has 3 rings (SSSR count). The maximum atomic E-state index is 13.3. The Morgan fingerprint density at radius 2 is 1.82 bits per heavy atom. The third-order valence-corrected chi connectivity index (χ3v) is 6.70. The van der Waals surface area contributed by atoms with Crippen molar-refractivity contribution in [2.45, 2.75) is 18.7 Å². The first-order valence-electron chi connectivity index (χ1n) is 9.30. The van der Waals surface area contributed by atoms with E-state index in [1.807, 2.05) is 6.07 Å². The molecule has 4 nitrogen and oxygen atoms in total. The molecule has 3 aromatic rings. The van der Waals surface area contributed by atoms with Crippen LogP contribution in [0.25, 0.3) is 10.2 Å². The van der Waals surface area contributed by atoms with Crippen molar-refractivity contribution < 1.29 is 4.79 Å². The maximum absolute atomic E-state index is 13.3. The topological polar surface area (TPSA) is 36.4 Å². The highest BCUT2D eigenvalue weighted by Gasteiger charge is 2.22. The summed E-state index contributed by atoms with van der Waals surface area (Å²) in [7, 11) is 0. The summed E-state index contributed by atoms with van der Waals surface area (Å²) < 4.78 is 1.10. The highest BCUT2D eigenvalue weighted by Crippen LogP contribution is 2.32. The van der Waals surface area contributed by atoms with Crippen LogP contribution >= 0.6 is 34.7 Å². The number of hydrogen-bond donors (Lipinski definition) is 0. The van der Waals surface area contributed by atoms with E-state index in [4.69, 9.17) is 16.6 Å². The number of hydrogen-bond acceptors (Lipinski definition) is 5. The Bertz CT molecular complexity index is 938. The lowest BCUT2D eigenvalue weighted by molar-refractivity contribution is 0.0984. The summed E-state index contributed by atoms with van der Waals surface area (Å²) in [6, 6.07) is 13.3. The largest absolute Gasteiger partial charge is 0.302 e. The smallest absolute Gasteiger partial charge is 0.260 e. The molecule has 2 aromatic carbocycles. The van der Waals surface area contributed by atoms with Crippen LogP contribution in [0.15, 0.2) is 47.4 Å². The van der Waals surface area contributed by atoms with Crippen molar-refractivity contribution in [1.82, 2.24) is 9.88 Å². The lowest BCUT2D eigenvalue weighted by Gasteiger charge is -2.24. The molecule has 0 saturated heterocycles. The number of likely N-dealkylation sites (N-methyl/N-ethyl adjacent to an activating group) is 1. The predicted molar refractivity (Wildman–Crippen MR) is 122 cm³/mol. The van der Waals surface area contributed by atoms with Gasteiger partial charge in [-0.2, -0.15) is 0 Å². The van der Waals surface area contributed by atoms with E-state index in [0.29, 0.717) is 17.1 Å². The van der Waals surface area contributed by atoms with Crippen molar-refractivity contribution in [3.05, 3.63) is 53.1 Å². The van der Waals surface area contributed by atoms with E-state index in [9.17, 15) is 4.79 Å². The van der Waals surface area contributed by atoms with Crippen molar-refractivity contribution in [2.75, 3.05) is 37.3 Å². The van der Waals surface area contributed by atoms with Crippen LogP contribution in [0.5, 0.6) is 0 Å². The van der Waals surface area contributed by atoms with E-state index in [0.717, 1.165) is 35.0 Å². The van der Waals surface area contributed by atoms with Gasteiger partial charge in [0, 0.05) is 28.6 Å². The zero-order chi connectivity index (χ0) is 20.1. The molecular weight excluding hydrogens is 410 g/mol. The molecule has 28 heavy (non-hydrogen) atoms. The summed E-state index contributed by atoms with van der Waals surface area (Å²) in [6.45, 7) is 7.58. The van der Waals surface area contributed by atoms with Gasteiger partial charge in [0.2, 0.25) is 0 Å². The molecule has 0 unspecified atom stereocenters. The number of carbonyl (C=O) groups excluding carboxylic acids is 1. The van der Waals surface area contributed by atoms with Gasteiger partial charge >= 0.3 is 0 Å². The zero-order valence-corrected chi connectivity index (χ0v) is 18.7. The third kappa shape index (κ3) is 4.87. The molecule has 0 spiro atoms. The minimum Gasteiger partial charge on any atom is -0.302 e. The quantitative estimate of drug-likeness (QED) is 0.429. The first kappa shape index (κ1) is 21.1. The molecule has 0 aliphatic carbocycles. The normalized spacial score (nSPS) is 11.3. The fourth-order valence-corrected chi connectivity index (χ4v) is 4.62. The summed E-state index contributed by atoms with van der Waals surface area (Å²) in [5.74, 6) is -0.0482. The number of thioether (sulfide) groups is 1. The van der Waals surface area contributed by atoms with Gasteiger partial charge in [-0.1, -0.05) is 36.8 Å². The first-order valence-corrected chi connectivity index (χ1v) is 11.7. The van der Waals surface area contributed by atoms with E-state index in [2.05, 4.69) is 37.1 Å². The molecule has 148 valence electrons. The highest BCUT2D eigenvalue weighted by atomic mass is 35.5. The Morgan fingerprint density at radius 1 is 1.11 bits per heavy atom. The van der Waals surface area contributed by atoms with Gasteiger partial charge in [-0.05, 0) is 61.8 Å². The van der Waals surface area contributed by atoms with Crippen molar-refractivity contribution in [3.8, 4) is 0 Å². The highest BCUT2D eigenvalue weighted by molar-refractivity contribution is 7.98. The van der Waals surface area contributed by atoms with Gasteiger partial charge in [0.05, 0.1) is 10.2 Å². The summed E-state index contributed by atoms with van der Waals surface area (Å²) in [5.41, 5.74) is 1.54. The molecule has 0 fully saturated rings. The third-order valence-electron chi connectivity index (χ3n) is 4.69. The van der Waals surface area contributed by atoms with E-state index in [-0.39, 0.29) is 5.91 Å². The number of fused-ring (bicyclic) bond motifs is 1. The first-order chi connectivity index (χ1) is 13.5. The number of halogens is 1. The molecule has 0 atom stereocenters. The fourth-order valence-electron chi connectivity index (χ4n) is 2.95. The van der Waals surface area contributed by atoms with E-state index in [1.54, 1.807) is 52.3 Å². The molecule has 0 radical (unpaired) electrons. The van der Waals surface area contributed by atoms with Crippen LogP contribution in [0.3, 0.4) is 0 Å². The number of amides is 1. The zero-order valence-electron chi connectivity index (χ0n) is 16.3. The van der Waals surface area contributed by atoms with Crippen LogP contribution in [0.4, 0.5) is 5.13 Å². The van der Waals surface area contributed by atoms with E-state index < -0.39 is 0 Å². The average molecular weight is 434 g/mol. The molecule has 7 heteroatoms. The standard InChI is InChI=1S/C21H24ClN3OS2/c1-4-24(5-2)12-13-25(20(26)15-6-8-16(22)9-7-15)21-23-18-11-10-17(27-3)14-19(18)28-21/h6-11,14H,4-5,12-13H2,1-3H3. The molecule has 1 heterocycles. The Balaban J connectivity index is 1.94. The van der Waals surface area contributed by atoms with Crippen molar-refractivity contribution in [2.24, 2.45) is 0 Å². The van der Waals surface area contributed by atoms with Crippen LogP contribution in [0.1, 0.15) is 24.2 Å². The molecule has 0 bridgehead atoms. The number of thiazole rings is 1. The lowest BCUT2D eigenvalue weighted by Crippen LogP contribution is -2.38. The Labute approximate surface area is 179 Å². The van der Waals surface area contributed by atoms with Crippen LogP contribution in [-0.4, -0.2) is 48.2 Å². The molecule has 1 amide bonds. The Hall–Kier alpha value is -1.60. The second-order valence-electron chi connectivity index (χ2n) is 6.32. The van der Waals surface area contributed by atoms with Gasteiger partial charge in [-0.15, -0.1) is 11.8 Å². The van der Waals surface area contributed by atoms with Gasteiger partial charge in [0.1, 0.15) is 0 Å². The minimum absolute atomic E-state index is 0.0482.